The lowest BCUT2D eigenvalue weighted by Gasteiger charge is -2.17. The van der Waals surface area contributed by atoms with Crippen molar-refractivity contribution < 1.29 is 14.6 Å². The number of ether oxygens (including phenoxy) is 2. The second kappa shape index (κ2) is 10.6. The van der Waals surface area contributed by atoms with Gasteiger partial charge >= 0.3 is 0 Å². The Morgan fingerprint density at radius 2 is 1.87 bits per heavy atom. The number of terminal acetylenes is 1. The fourth-order valence-corrected chi connectivity index (χ4v) is 3.47. The van der Waals surface area contributed by atoms with Gasteiger partial charge in [0.1, 0.15) is 13.2 Å². The molecule has 1 heterocycles. The van der Waals surface area contributed by atoms with Crippen molar-refractivity contribution in [1.29, 1.82) is 0 Å². The minimum atomic E-state index is -0.278. The number of pyridine rings is 1. The molecule has 3 aromatic rings. The molecule has 4 nitrogen and oxygen atoms in total. The molecule has 0 radical (unpaired) electrons. The van der Waals surface area contributed by atoms with Crippen LogP contribution in [0.15, 0.2) is 60.8 Å². The SMILES string of the molecule is C#CCOC(CCO)c1ccc(OCc2c(C)ccc(-c3ccccc3)c2C)nc1. The van der Waals surface area contributed by atoms with Gasteiger partial charge in [-0.3, -0.25) is 0 Å². The summed E-state index contributed by atoms with van der Waals surface area (Å²) in [4.78, 5) is 4.41. The Bertz CT molecular complexity index is 991. The Morgan fingerprint density at radius 3 is 2.53 bits per heavy atom. The van der Waals surface area contributed by atoms with Gasteiger partial charge in [0.15, 0.2) is 0 Å². The van der Waals surface area contributed by atoms with Gasteiger partial charge in [-0.1, -0.05) is 48.4 Å². The van der Waals surface area contributed by atoms with Crippen LogP contribution in [0.3, 0.4) is 0 Å². The molecule has 1 unspecified atom stereocenters. The van der Waals surface area contributed by atoms with E-state index < -0.39 is 0 Å². The molecular formula is C26H27NO3. The molecule has 1 aromatic heterocycles. The van der Waals surface area contributed by atoms with E-state index in [0.29, 0.717) is 18.9 Å². The third-order valence-corrected chi connectivity index (χ3v) is 5.17. The van der Waals surface area contributed by atoms with Gasteiger partial charge in [0.2, 0.25) is 5.88 Å². The standard InChI is InChI=1S/C26H27NO3/c1-4-16-29-25(14-15-28)22-11-13-26(27-17-22)30-18-24-19(2)10-12-23(20(24)3)21-8-6-5-7-9-21/h1,5-13,17,25,28H,14-16,18H2,2-3H3. The molecule has 0 saturated carbocycles. The van der Waals surface area contributed by atoms with E-state index in [9.17, 15) is 5.11 Å². The van der Waals surface area contributed by atoms with E-state index >= 15 is 0 Å². The number of hydrogen-bond donors (Lipinski definition) is 1. The van der Waals surface area contributed by atoms with Crippen LogP contribution < -0.4 is 4.74 Å². The Hall–Kier alpha value is -3.13. The molecule has 4 heteroatoms. The van der Waals surface area contributed by atoms with Crippen molar-refractivity contribution >= 4 is 0 Å². The van der Waals surface area contributed by atoms with Gasteiger partial charge in [-0.25, -0.2) is 4.98 Å². The quantitative estimate of drug-likeness (QED) is 0.512. The van der Waals surface area contributed by atoms with Crippen LogP contribution in [0.1, 0.15) is 34.8 Å². The van der Waals surface area contributed by atoms with Crippen molar-refractivity contribution in [2.24, 2.45) is 0 Å². The largest absolute Gasteiger partial charge is 0.473 e. The van der Waals surface area contributed by atoms with Crippen LogP contribution in [0, 0.1) is 26.2 Å². The number of hydrogen-bond acceptors (Lipinski definition) is 4. The Balaban J connectivity index is 1.73. The highest BCUT2D eigenvalue weighted by atomic mass is 16.5. The van der Waals surface area contributed by atoms with Crippen molar-refractivity contribution in [3.05, 3.63) is 83.0 Å². The topological polar surface area (TPSA) is 51.6 Å². The number of aromatic nitrogens is 1. The molecule has 3 rings (SSSR count). The summed E-state index contributed by atoms with van der Waals surface area (Å²) in [6, 6.07) is 18.4. The average Bonchev–Trinajstić information content (AvgIpc) is 2.77. The molecular weight excluding hydrogens is 374 g/mol. The summed E-state index contributed by atoms with van der Waals surface area (Å²) >= 11 is 0. The van der Waals surface area contributed by atoms with Crippen LogP contribution in [-0.4, -0.2) is 23.3 Å². The minimum Gasteiger partial charge on any atom is -0.473 e. The van der Waals surface area contributed by atoms with Crippen LogP contribution in [0.4, 0.5) is 0 Å². The summed E-state index contributed by atoms with van der Waals surface area (Å²) in [6.07, 6.45) is 7.17. The second-order valence-corrected chi connectivity index (χ2v) is 7.13. The second-order valence-electron chi connectivity index (χ2n) is 7.13. The molecule has 0 spiro atoms. The monoisotopic (exact) mass is 401 g/mol. The Morgan fingerprint density at radius 1 is 1.07 bits per heavy atom. The van der Waals surface area contributed by atoms with Crippen molar-refractivity contribution in [3.63, 3.8) is 0 Å². The highest BCUT2D eigenvalue weighted by Gasteiger charge is 2.13. The summed E-state index contributed by atoms with van der Waals surface area (Å²) in [5.74, 6) is 3.00. The first kappa shape index (κ1) is 21.6. The van der Waals surface area contributed by atoms with Crippen molar-refractivity contribution in [2.75, 3.05) is 13.2 Å². The smallest absolute Gasteiger partial charge is 0.213 e. The number of rotatable bonds is 9. The summed E-state index contributed by atoms with van der Waals surface area (Å²) in [7, 11) is 0. The molecule has 154 valence electrons. The van der Waals surface area contributed by atoms with Crippen LogP contribution in [0.2, 0.25) is 0 Å². The van der Waals surface area contributed by atoms with Gasteiger partial charge in [0.25, 0.3) is 0 Å². The van der Waals surface area contributed by atoms with Gasteiger partial charge in [-0.05, 0) is 53.3 Å². The molecule has 0 fully saturated rings. The maximum absolute atomic E-state index is 9.24. The van der Waals surface area contributed by atoms with E-state index in [4.69, 9.17) is 15.9 Å². The van der Waals surface area contributed by atoms with Crippen LogP contribution >= 0.6 is 0 Å². The maximum Gasteiger partial charge on any atom is 0.213 e. The molecule has 0 bridgehead atoms. The lowest BCUT2D eigenvalue weighted by molar-refractivity contribution is 0.0560. The zero-order chi connectivity index (χ0) is 21.3. The maximum atomic E-state index is 9.24. The molecule has 1 N–H and O–H groups in total. The fourth-order valence-electron chi connectivity index (χ4n) is 3.47. The molecule has 30 heavy (non-hydrogen) atoms. The third kappa shape index (κ3) is 5.27. The minimum absolute atomic E-state index is 0.0177. The first-order chi connectivity index (χ1) is 14.6. The Kier molecular flexibility index (Phi) is 7.62. The van der Waals surface area contributed by atoms with Gasteiger partial charge < -0.3 is 14.6 Å². The number of benzene rings is 2. The summed E-state index contributed by atoms with van der Waals surface area (Å²) < 4.78 is 11.6. The predicted octanol–water partition coefficient (Wildman–Crippen LogP) is 5.02. The predicted molar refractivity (Wildman–Crippen MR) is 119 cm³/mol. The van der Waals surface area contributed by atoms with Gasteiger partial charge in [0, 0.05) is 25.3 Å². The summed E-state index contributed by atoms with van der Waals surface area (Å²) in [5.41, 5.74) is 6.84. The summed E-state index contributed by atoms with van der Waals surface area (Å²) in [6.45, 7) is 4.88. The number of aryl methyl sites for hydroxylation is 1. The van der Waals surface area contributed by atoms with Crippen molar-refractivity contribution in [3.8, 4) is 29.4 Å². The van der Waals surface area contributed by atoms with Gasteiger partial charge in [0.05, 0.1) is 6.10 Å². The van der Waals surface area contributed by atoms with E-state index in [0.717, 1.165) is 11.1 Å². The third-order valence-electron chi connectivity index (χ3n) is 5.17. The van der Waals surface area contributed by atoms with E-state index in [2.05, 4.69) is 49.0 Å². The molecule has 0 aliphatic carbocycles. The Labute approximate surface area is 178 Å². The molecule has 0 saturated heterocycles. The average molecular weight is 402 g/mol. The molecule has 0 aliphatic heterocycles. The van der Waals surface area contributed by atoms with E-state index in [1.54, 1.807) is 6.20 Å². The lowest BCUT2D eigenvalue weighted by Crippen LogP contribution is -2.08. The van der Waals surface area contributed by atoms with Crippen molar-refractivity contribution in [1.82, 2.24) is 4.98 Å². The summed E-state index contributed by atoms with van der Waals surface area (Å²) in [5, 5.41) is 9.24. The molecule has 0 aliphatic rings. The highest BCUT2D eigenvalue weighted by molar-refractivity contribution is 5.69. The van der Waals surface area contributed by atoms with Gasteiger partial charge in [-0.2, -0.15) is 0 Å². The van der Waals surface area contributed by atoms with Gasteiger partial charge in [-0.15, -0.1) is 6.42 Å². The highest BCUT2D eigenvalue weighted by Crippen LogP contribution is 2.29. The fraction of sp³-hybridized carbons (Fsp3) is 0.269. The zero-order valence-corrected chi connectivity index (χ0v) is 17.5. The molecule has 1 atom stereocenters. The normalized spacial score (nSPS) is 11.7. The van der Waals surface area contributed by atoms with Crippen LogP contribution in [0.25, 0.3) is 11.1 Å². The van der Waals surface area contributed by atoms with Crippen LogP contribution in [0.5, 0.6) is 5.88 Å². The van der Waals surface area contributed by atoms with E-state index in [1.165, 1.54) is 22.3 Å². The van der Waals surface area contributed by atoms with E-state index in [1.807, 2.05) is 30.3 Å². The first-order valence-electron chi connectivity index (χ1n) is 10.0. The van der Waals surface area contributed by atoms with Crippen LogP contribution in [-0.2, 0) is 11.3 Å². The first-order valence-corrected chi connectivity index (χ1v) is 10.0. The number of aliphatic hydroxyl groups excluding tert-OH is 1. The molecule has 2 aromatic carbocycles. The number of aliphatic hydroxyl groups is 1. The molecule has 0 amide bonds. The zero-order valence-electron chi connectivity index (χ0n) is 17.5. The van der Waals surface area contributed by atoms with Crippen molar-refractivity contribution in [2.45, 2.75) is 33.0 Å². The van der Waals surface area contributed by atoms with E-state index in [-0.39, 0.29) is 19.3 Å². The lowest BCUT2D eigenvalue weighted by atomic mass is 9.94. The number of nitrogens with zero attached hydrogens (tertiary/aromatic N) is 1.